The van der Waals surface area contributed by atoms with Gasteiger partial charge in [-0.05, 0) is 24.3 Å². The first-order valence-electron chi connectivity index (χ1n) is 2.67. The molecule has 0 aromatic heterocycles. The minimum atomic E-state index is -0.0144. The fourth-order valence-corrected chi connectivity index (χ4v) is 0.586. The average molecular weight is 147 g/mol. The highest BCUT2D eigenvalue weighted by Crippen LogP contribution is 2.14. The summed E-state index contributed by atoms with van der Waals surface area (Å²) in [6, 6.07) is 5.45. The number of nitrogens with zero attached hydrogens (tertiary/aromatic N) is 1. The van der Waals surface area contributed by atoms with Crippen molar-refractivity contribution in [3.8, 4) is 5.75 Å². The van der Waals surface area contributed by atoms with Crippen molar-refractivity contribution >= 4 is 5.69 Å². The van der Waals surface area contributed by atoms with Gasteiger partial charge in [-0.15, -0.1) is 5.23 Å². The first-order chi connectivity index (χ1) is 4.70. The fraction of sp³-hybridized carbons (Fsp3) is 0. The van der Waals surface area contributed by atoms with Crippen molar-refractivity contribution in [3.63, 3.8) is 0 Å². The number of hydrogen-bond acceptors (Lipinski definition) is 4. The van der Waals surface area contributed by atoms with E-state index in [2.05, 4.69) is 0 Å². The molecule has 0 saturated carbocycles. The van der Waals surface area contributed by atoms with E-state index in [0.29, 0.717) is 0 Å². The second-order valence-corrected chi connectivity index (χ2v) is 1.81. The molecule has 1 aromatic carbocycles. The van der Waals surface area contributed by atoms with Gasteiger partial charge in [-0.3, -0.25) is 10.4 Å². The molecule has 1 aromatic rings. The standard InChI is InChI=1S/C6H7NO3/c8-6-3-1-5(2-4-6)7(9)10/h1-4,8-10H/i1+1,2+1,3+1,4+1,5+1,6+1. The number of rotatable bonds is 1. The summed E-state index contributed by atoms with van der Waals surface area (Å²) >= 11 is 0. The van der Waals surface area contributed by atoms with Gasteiger partial charge in [-0.25, -0.2) is 0 Å². The van der Waals surface area contributed by atoms with Crippen LogP contribution in [0.15, 0.2) is 24.3 Å². The Bertz CT molecular complexity index is 207. The molecule has 54 valence electrons. The van der Waals surface area contributed by atoms with Gasteiger partial charge >= 0.3 is 0 Å². The molecule has 1 rings (SSSR count). The molecule has 0 bridgehead atoms. The zero-order chi connectivity index (χ0) is 7.56. The molecule has 0 spiro atoms. The monoisotopic (exact) mass is 147 g/mol. The SMILES string of the molecule is O[13c]1[13cH][13cH][13c](N(O)O)[13cH][13cH]1. The molecule has 0 amide bonds. The van der Waals surface area contributed by atoms with Crippen molar-refractivity contribution in [2.24, 2.45) is 0 Å². The Morgan fingerprint density at radius 1 is 1.00 bits per heavy atom. The lowest BCUT2D eigenvalue weighted by atomic mass is 11.3. The van der Waals surface area contributed by atoms with E-state index in [0.717, 1.165) is 0 Å². The Labute approximate surface area is 57.5 Å². The van der Waals surface area contributed by atoms with Crippen molar-refractivity contribution in [2.45, 2.75) is 0 Å². The van der Waals surface area contributed by atoms with E-state index < -0.39 is 0 Å². The van der Waals surface area contributed by atoms with Gasteiger partial charge in [-0.2, -0.15) is 0 Å². The van der Waals surface area contributed by atoms with Crippen LogP contribution in [0.1, 0.15) is 0 Å². The zero-order valence-corrected chi connectivity index (χ0v) is 5.10. The maximum Gasteiger partial charge on any atom is 0.115 e. The lowest BCUT2D eigenvalue weighted by Crippen LogP contribution is -2.10. The highest BCUT2D eigenvalue weighted by atomic mass is 16.8. The molecule has 10 heavy (non-hydrogen) atoms. The van der Waals surface area contributed by atoms with Gasteiger partial charge in [0, 0.05) is 0 Å². The molecule has 0 aliphatic heterocycles. The first kappa shape index (κ1) is 6.85. The molecular formula is C6H7NO3. The molecule has 0 heterocycles. The molecule has 4 nitrogen and oxygen atoms in total. The summed E-state index contributed by atoms with van der Waals surface area (Å²) < 4.78 is 0. The van der Waals surface area contributed by atoms with Crippen molar-refractivity contribution in [3.05, 3.63) is 24.3 Å². The summed E-state index contributed by atoms with van der Waals surface area (Å²) in [5.74, 6) is 0.0885. The predicted molar refractivity (Wildman–Crippen MR) is 34.2 cm³/mol. The quantitative estimate of drug-likeness (QED) is 0.518. The lowest BCUT2D eigenvalue weighted by Gasteiger charge is -2.06. The number of phenols is 1. The van der Waals surface area contributed by atoms with Gasteiger partial charge in [0.2, 0.25) is 0 Å². The third-order valence-corrected chi connectivity index (χ3v) is 1.08. The van der Waals surface area contributed by atoms with Gasteiger partial charge < -0.3 is 5.11 Å². The van der Waals surface area contributed by atoms with E-state index in [1.54, 1.807) is 0 Å². The second kappa shape index (κ2) is 2.55. The minimum absolute atomic E-state index is 0.0144. The van der Waals surface area contributed by atoms with Gasteiger partial charge in [0.15, 0.2) is 0 Å². The van der Waals surface area contributed by atoms with E-state index in [1.165, 1.54) is 24.3 Å². The van der Waals surface area contributed by atoms with Crippen LogP contribution in [0.25, 0.3) is 0 Å². The third kappa shape index (κ3) is 1.37. The minimum Gasteiger partial charge on any atom is -0.508 e. The maximum atomic E-state index is 8.76. The van der Waals surface area contributed by atoms with Crippen LogP contribution in [-0.2, 0) is 0 Å². The van der Waals surface area contributed by atoms with Gasteiger partial charge in [-0.1, -0.05) is 0 Å². The topological polar surface area (TPSA) is 63.9 Å². The Morgan fingerprint density at radius 3 is 1.90 bits per heavy atom. The number of phenolic OH excluding ortho intramolecular Hbond substituents is 1. The van der Waals surface area contributed by atoms with E-state index in [9.17, 15) is 0 Å². The van der Waals surface area contributed by atoms with Crippen LogP contribution < -0.4 is 5.23 Å². The first-order valence-corrected chi connectivity index (χ1v) is 2.67. The molecule has 3 N–H and O–H groups in total. The smallest absolute Gasteiger partial charge is 0.115 e. The summed E-state index contributed by atoms with van der Waals surface area (Å²) in [5, 5.41) is 25.6. The number of hydrogen-bond donors (Lipinski definition) is 3. The molecule has 0 aliphatic carbocycles. The average Bonchev–Trinajstić information content (AvgIpc) is 1.88. The van der Waals surface area contributed by atoms with Crippen LogP contribution in [0.5, 0.6) is 5.75 Å². The lowest BCUT2D eigenvalue weighted by molar-refractivity contribution is 0.0291. The Balaban J connectivity index is 2.89. The zero-order valence-electron chi connectivity index (χ0n) is 5.10. The van der Waals surface area contributed by atoms with Crippen LogP contribution in [0.4, 0.5) is 5.69 Å². The molecule has 0 radical (unpaired) electrons. The number of aromatic hydroxyl groups is 1. The summed E-state index contributed by atoms with van der Waals surface area (Å²) in [7, 11) is 0. The van der Waals surface area contributed by atoms with Crippen molar-refractivity contribution < 1.29 is 15.5 Å². The summed E-state index contributed by atoms with van der Waals surface area (Å²) in [5.41, 5.74) is 0.206. The number of benzene rings is 1. The highest BCUT2D eigenvalue weighted by molar-refractivity contribution is 5.43. The molecule has 4 heteroatoms. The Kier molecular flexibility index (Phi) is 1.75. The maximum absolute atomic E-state index is 8.76. The van der Waals surface area contributed by atoms with Crippen LogP contribution in [0.2, 0.25) is 0 Å². The van der Waals surface area contributed by atoms with Gasteiger partial charge in [0.1, 0.15) is 5.75 Å². The highest BCUT2D eigenvalue weighted by Gasteiger charge is 1.95. The normalized spacial score (nSPS) is 9.40. The summed E-state index contributed by atoms with van der Waals surface area (Å²) in [4.78, 5) is 0. The predicted octanol–water partition coefficient (Wildman–Crippen LogP) is 0.977. The Morgan fingerprint density at radius 2 is 1.50 bits per heavy atom. The van der Waals surface area contributed by atoms with Crippen LogP contribution in [0.3, 0.4) is 0 Å². The van der Waals surface area contributed by atoms with E-state index in [-0.39, 0.29) is 16.7 Å². The van der Waals surface area contributed by atoms with Crippen LogP contribution in [-0.4, -0.2) is 15.5 Å². The molecule has 0 aliphatic rings. The van der Waals surface area contributed by atoms with E-state index >= 15 is 0 Å². The van der Waals surface area contributed by atoms with Crippen LogP contribution in [0, 0.1) is 0 Å². The third-order valence-electron chi connectivity index (χ3n) is 1.08. The largest absolute Gasteiger partial charge is 0.508 e. The molecular weight excluding hydrogens is 140 g/mol. The van der Waals surface area contributed by atoms with Crippen LogP contribution >= 0.6 is 0 Å². The molecule has 0 fully saturated rings. The summed E-state index contributed by atoms with van der Waals surface area (Å²) in [6.45, 7) is 0. The van der Waals surface area contributed by atoms with E-state index in [4.69, 9.17) is 15.5 Å². The van der Waals surface area contributed by atoms with Gasteiger partial charge in [0.05, 0.1) is 5.69 Å². The van der Waals surface area contributed by atoms with Crippen molar-refractivity contribution in [1.82, 2.24) is 0 Å². The Hall–Kier alpha value is -1.26. The molecule has 0 saturated heterocycles. The molecule has 0 atom stereocenters. The molecule has 0 unspecified atom stereocenters. The summed E-state index contributed by atoms with van der Waals surface area (Å²) in [6.07, 6.45) is 0. The second-order valence-electron chi connectivity index (χ2n) is 1.81. The fourth-order valence-electron chi connectivity index (χ4n) is 0.586. The number of anilines is 1. The van der Waals surface area contributed by atoms with Gasteiger partial charge in [0.25, 0.3) is 0 Å². The van der Waals surface area contributed by atoms with E-state index in [1.807, 2.05) is 0 Å². The van der Waals surface area contributed by atoms with Crippen molar-refractivity contribution in [2.75, 3.05) is 5.23 Å². The van der Waals surface area contributed by atoms with Crippen molar-refractivity contribution in [1.29, 1.82) is 0 Å².